The molecule has 0 aliphatic rings. The van der Waals surface area contributed by atoms with E-state index < -0.39 is 18.1 Å². The average molecular weight is 479 g/mol. The monoisotopic (exact) mass is 479 g/mol. The first-order chi connectivity index (χ1) is 15.4. The Kier molecular flexibility index (Phi) is 7.65. The van der Waals surface area contributed by atoms with Crippen LogP contribution in [0.4, 0.5) is 28.6 Å². The highest BCUT2D eigenvalue weighted by atomic mass is 19.5. The number of carbonyl (C=O) groups excluding carboxylic acids is 2. The third kappa shape index (κ3) is 7.43. The first-order valence-electron chi connectivity index (χ1n) is 10.7. The predicted octanol–water partition coefficient (Wildman–Crippen LogP) is 6.09. The van der Waals surface area contributed by atoms with Crippen LogP contribution in [-0.4, -0.2) is 19.1 Å². The van der Waals surface area contributed by atoms with Crippen LogP contribution in [0.15, 0.2) is 42.5 Å². The van der Waals surface area contributed by atoms with Crippen molar-refractivity contribution < 1.29 is 31.4 Å². The highest BCUT2D eigenvalue weighted by Gasteiger charge is 2.23. The number of carbonyl (C=O) groups is 2. The minimum absolute atomic E-state index is 0.0209. The summed E-state index contributed by atoms with van der Waals surface area (Å²) >= 11 is 0. The first kappa shape index (κ1) is 27.1. The normalized spacial score (nSPS) is 12.2. The van der Waals surface area contributed by atoms with Gasteiger partial charge in [-0.3, -0.25) is 9.59 Å². The molecule has 0 aliphatic heterocycles. The number of fused-ring (bicyclic) bond motifs is 2. The van der Waals surface area contributed by atoms with Gasteiger partial charge in [0, 0.05) is 45.1 Å². The number of nitrogens with one attached hydrogen (secondary N) is 2. The number of aromatic nitrogens is 1. The minimum Gasteiger partial charge on any atom is -0.418 e. The Morgan fingerprint density at radius 2 is 1.03 bits per heavy atom. The van der Waals surface area contributed by atoms with Crippen LogP contribution in [-0.2, 0) is 16.6 Å². The van der Waals surface area contributed by atoms with Crippen molar-refractivity contribution in [1.82, 2.24) is 0 Å². The Morgan fingerprint density at radius 3 is 1.32 bits per heavy atom. The molecule has 184 valence electrons. The molecule has 2 N–H and O–H groups in total. The number of aryl methyl sites for hydroxylation is 1. The van der Waals surface area contributed by atoms with E-state index in [1.807, 2.05) is 85.0 Å². The van der Waals surface area contributed by atoms with Gasteiger partial charge in [0.25, 0.3) is 0 Å². The fraction of sp³-hybridized carbons (Fsp3) is 0.375. The van der Waals surface area contributed by atoms with Crippen LogP contribution in [0.5, 0.6) is 0 Å². The number of pyridine rings is 1. The molecule has 0 spiro atoms. The van der Waals surface area contributed by atoms with Crippen LogP contribution < -0.4 is 15.2 Å². The zero-order valence-electron chi connectivity index (χ0n) is 20.4. The standard InChI is InChI=1S/C24H29N3O2.BF4/c1-23(2,3)21(28)25-17-10-8-15-12-16-9-11-18(26-22(29)24(4,5)6)14-20(16)27(7)19(15)13-17;2-1(3,4)5/h8-14H,1-7H3,(H,25,26,28,29);/q;-1/p+1. The summed E-state index contributed by atoms with van der Waals surface area (Å²) in [6, 6.07) is 14.0. The Morgan fingerprint density at radius 1 is 0.706 bits per heavy atom. The van der Waals surface area contributed by atoms with Gasteiger partial charge in [-0.25, -0.2) is 0 Å². The lowest BCUT2D eigenvalue weighted by Gasteiger charge is -2.18. The Balaban J connectivity index is 0.000000739. The molecule has 0 unspecified atom stereocenters. The molecule has 0 radical (unpaired) electrons. The molecule has 3 rings (SSSR count). The van der Waals surface area contributed by atoms with E-state index in [1.165, 1.54) is 0 Å². The second-order valence-electron chi connectivity index (χ2n) is 10.2. The van der Waals surface area contributed by atoms with E-state index in [2.05, 4.69) is 21.3 Å². The second-order valence-corrected chi connectivity index (χ2v) is 10.2. The van der Waals surface area contributed by atoms with Gasteiger partial charge in [-0.05, 0) is 30.3 Å². The summed E-state index contributed by atoms with van der Waals surface area (Å²) in [7, 11) is -4.00. The van der Waals surface area contributed by atoms with E-state index in [4.69, 9.17) is 0 Å². The van der Waals surface area contributed by atoms with Gasteiger partial charge in [-0.15, -0.1) is 0 Å². The molecule has 10 heteroatoms. The van der Waals surface area contributed by atoms with Gasteiger partial charge in [0.15, 0.2) is 0 Å². The Bertz CT molecular complexity index is 1140. The van der Waals surface area contributed by atoms with E-state index in [9.17, 15) is 26.9 Å². The number of rotatable bonds is 2. The summed E-state index contributed by atoms with van der Waals surface area (Å²) in [6.45, 7) is 11.4. The van der Waals surface area contributed by atoms with E-state index in [1.54, 1.807) is 0 Å². The van der Waals surface area contributed by atoms with Crippen molar-refractivity contribution >= 4 is 52.2 Å². The molecule has 2 aromatic carbocycles. The lowest BCUT2D eigenvalue weighted by Crippen LogP contribution is -2.31. The summed E-state index contributed by atoms with van der Waals surface area (Å²) in [5.74, 6) is -0.0417. The van der Waals surface area contributed by atoms with Crippen molar-refractivity contribution in [2.45, 2.75) is 41.5 Å². The van der Waals surface area contributed by atoms with Crippen molar-refractivity contribution in [3.05, 3.63) is 42.5 Å². The fourth-order valence-corrected chi connectivity index (χ4v) is 3.00. The number of nitrogens with zero attached hydrogens (tertiary/aromatic N) is 1. The SMILES string of the molecule is C[n+]1c2cc(NC(=O)C(C)(C)C)ccc2cc2ccc(NC(=O)C(C)(C)C)cc21.F[B-](F)(F)F. The maximum Gasteiger partial charge on any atom is 0.673 e. The van der Waals surface area contributed by atoms with Gasteiger partial charge in [-0.2, -0.15) is 4.57 Å². The summed E-state index contributed by atoms with van der Waals surface area (Å²) in [6.07, 6.45) is 0. The largest absolute Gasteiger partial charge is 0.673 e. The van der Waals surface area contributed by atoms with Crippen molar-refractivity contribution in [1.29, 1.82) is 0 Å². The quantitative estimate of drug-likeness (QED) is 0.202. The average Bonchev–Trinajstić information content (AvgIpc) is 2.66. The second kappa shape index (κ2) is 9.60. The van der Waals surface area contributed by atoms with Gasteiger partial charge in [0.1, 0.15) is 7.05 Å². The predicted molar refractivity (Wildman–Crippen MR) is 129 cm³/mol. The first-order valence-corrected chi connectivity index (χ1v) is 10.7. The van der Waals surface area contributed by atoms with Gasteiger partial charge < -0.3 is 27.9 Å². The number of anilines is 2. The van der Waals surface area contributed by atoms with E-state index in [-0.39, 0.29) is 11.8 Å². The van der Waals surface area contributed by atoms with Crippen LogP contribution in [0.3, 0.4) is 0 Å². The molecule has 0 bridgehead atoms. The fourth-order valence-electron chi connectivity index (χ4n) is 3.00. The van der Waals surface area contributed by atoms with Crippen LogP contribution in [0.2, 0.25) is 0 Å². The Hall–Kier alpha value is -3.17. The maximum atomic E-state index is 12.3. The van der Waals surface area contributed by atoms with Gasteiger partial charge in [-0.1, -0.05) is 41.5 Å². The van der Waals surface area contributed by atoms with Crippen molar-refractivity contribution in [2.75, 3.05) is 10.6 Å². The number of halogens is 4. The molecule has 0 saturated carbocycles. The summed E-state index contributed by atoms with van der Waals surface area (Å²) in [4.78, 5) is 24.7. The molecular formula is C24H30BF4N3O2. The smallest absolute Gasteiger partial charge is 0.418 e. The van der Waals surface area contributed by atoms with E-state index in [0.29, 0.717) is 0 Å². The van der Waals surface area contributed by atoms with E-state index >= 15 is 0 Å². The molecule has 34 heavy (non-hydrogen) atoms. The van der Waals surface area contributed by atoms with Gasteiger partial charge in [0.2, 0.25) is 22.8 Å². The van der Waals surface area contributed by atoms with Gasteiger partial charge in [0.05, 0.1) is 0 Å². The third-order valence-corrected chi connectivity index (χ3v) is 4.97. The molecule has 1 heterocycles. The third-order valence-electron chi connectivity index (χ3n) is 4.97. The van der Waals surface area contributed by atoms with Crippen LogP contribution >= 0.6 is 0 Å². The summed E-state index contributed by atoms with van der Waals surface area (Å²) in [5.41, 5.74) is 2.63. The topological polar surface area (TPSA) is 62.1 Å². The zero-order valence-corrected chi connectivity index (χ0v) is 20.4. The van der Waals surface area contributed by atoms with Crippen LogP contribution in [0, 0.1) is 10.8 Å². The summed E-state index contributed by atoms with van der Waals surface area (Å²) < 4.78 is 41.1. The number of hydrogen-bond acceptors (Lipinski definition) is 2. The molecule has 0 saturated heterocycles. The molecular weight excluding hydrogens is 449 g/mol. The molecule has 0 atom stereocenters. The van der Waals surface area contributed by atoms with Crippen LogP contribution in [0.25, 0.3) is 21.8 Å². The molecule has 3 aromatic rings. The molecule has 1 aromatic heterocycles. The zero-order chi connectivity index (χ0) is 26.1. The lowest BCUT2D eigenvalue weighted by atomic mass is 9.95. The van der Waals surface area contributed by atoms with Crippen molar-refractivity contribution in [3.8, 4) is 0 Å². The minimum atomic E-state index is -6.00. The lowest BCUT2D eigenvalue weighted by molar-refractivity contribution is -0.617. The van der Waals surface area contributed by atoms with Gasteiger partial charge >= 0.3 is 7.25 Å². The maximum absolute atomic E-state index is 12.3. The van der Waals surface area contributed by atoms with Crippen molar-refractivity contribution in [2.24, 2.45) is 17.9 Å². The highest BCUT2D eigenvalue weighted by molar-refractivity contribution is 6.50. The highest BCUT2D eigenvalue weighted by Crippen LogP contribution is 2.25. The summed E-state index contributed by atoms with van der Waals surface area (Å²) in [5, 5.41) is 8.16. The Labute approximate surface area is 196 Å². The van der Waals surface area contributed by atoms with Crippen LogP contribution in [0.1, 0.15) is 41.5 Å². The number of benzene rings is 2. The number of amides is 2. The van der Waals surface area contributed by atoms with E-state index in [0.717, 1.165) is 33.2 Å². The molecule has 2 amide bonds. The molecule has 0 aliphatic carbocycles. The molecule has 0 fully saturated rings. The van der Waals surface area contributed by atoms with Crippen molar-refractivity contribution in [3.63, 3.8) is 0 Å². The molecule has 5 nitrogen and oxygen atoms in total. The number of hydrogen-bond donors (Lipinski definition) is 2.